The molecule has 7 heteroatoms. The Morgan fingerprint density at radius 3 is 3.04 bits per heavy atom. The fourth-order valence-corrected chi connectivity index (χ4v) is 3.00. The maximum atomic E-state index is 12.7. The van der Waals surface area contributed by atoms with Crippen LogP contribution in [0.25, 0.3) is 10.9 Å². The number of methoxy groups -OCH3 is 1. The van der Waals surface area contributed by atoms with E-state index in [-0.39, 0.29) is 18.0 Å². The van der Waals surface area contributed by atoms with Gasteiger partial charge >= 0.3 is 0 Å². The van der Waals surface area contributed by atoms with E-state index in [1.807, 2.05) is 30.3 Å². The first kappa shape index (κ1) is 15.6. The van der Waals surface area contributed by atoms with Gasteiger partial charge in [-0.1, -0.05) is 6.07 Å². The number of pyridine rings is 1. The Kier molecular flexibility index (Phi) is 4.09. The average Bonchev–Trinajstić information content (AvgIpc) is 3.32. The van der Waals surface area contributed by atoms with E-state index in [2.05, 4.69) is 21.2 Å². The highest BCUT2D eigenvalue weighted by Gasteiger charge is 2.31. The van der Waals surface area contributed by atoms with Crippen LogP contribution >= 0.6 is 0 Å². The molecule has 1 aliphatic rings. The summed E-state index contributed by atoms with van der Waals surface area (Å²) < 4.78 is 10.7. The van der Waals surface area contributed by atoms with Gasteiger partial charge in [0.05, 0.1) is 30.6 Å². The molecule has 3 heterocycles. The fraction of sp³-hybridized carbons (Fsp3) is 0.222. The van der Waals surface area contributed by atoms with Gasteiger partial charge in [0.15, 0.2) is 0 Å². The molecule has 1 aliphatic heterocycles. The molecule has 25 heavy (non-hydrogen) atoms. The summed E-state index contributed by atoms with van der Waals surface area (Å²) in [5.74, 6) is 1.33. The Balaban J connectivity index is 1.54. The zero-order chi connectivity index (χ0) is 17.2. The third-order valence-electron chi connectivity index (χ3n) is 4.28. The minimum absolute atomic E-state index is 0.0362. The summed E-state index contributed by atoms with van der Waals surface area (Å²) in [6.45, 7) is 0. The molecule has 4 rings (SSSR count). The van der Waals surface area contributed by atoms with Gasteiger partial charge in [-0.25, -0.2) is 10.9 Å². The van der Waals surface area contributed by atoms with Crippen molar-refractivity contribution >= 4 is 22.5 Å². The number of carbonyl (C=O) groups excluding carboxylic acids is 1. The lowest BCUT2D eigenvalue weighted by Gasteiger charge is -2.13. The van der Waals surface area contributed by atoms with Crippen LogP contribution in [0.2, 0.25) is 0 Å². The molecule has 3 N–H and O–H groups in total. The van der Waals surface area contributed by atoms with Crippen molar-refractivity contribution in [2.45, 2.75) is 18.5 Å². The smallest absolute Gasteiger partial charge is 0.243 e. The predicted molar refractivity (Wildman–Crippen MR) is 93.1 cm³/mol. The summed E-state index contributed by atoms with van der Waals surface area (Å²) in [4.78, 5) is 17.0. The lowest BCUT2D eigenvalue weighted by atomic mass is 10.1. The van der Waals surface area contributed by atoms with E-state index in [4.69, 9.17) is 9.15 Å². The summed E-state index contributed by atoms with van der Waals surface area (Å²) in [5, 5.41) is 3.86. The van der Waals surface area contributed by atoms with E-state index in [1.54, 1.807) is 25.6 Å². The van der Waals surface area contributed by atoms with Crippen LogP contribution in [-0.2, 0) is 4.79 Å². The van der Waals surface area contributed by atoms with Crippen molar-refractivity contribution in [3.05, 3.63) is 54.6 Å². The summed E-state index contributed by atoms with van der Waals surface area (Å²) >= 11 is 0. The van der Waals surface area contributed by atoms with Gasteiger partial charge in [0.2, 0.25) is 5.91 Å². The number of hydrazine groups is 1. The van der Waals surface area contributed by atoms with E-state index in [1.165, 1.54) is 0 Å². The largest absolute Gasteiger partial charge is 0.497 e. The Labute approximate surface area is 144 Å². The molecule has 0 saturated carbocycles. The number of hydrogen-bond acceptors (Lipinski definition) is 6. The van der Waals surface area contributed by atoms with Gasteiger partial charge in [0, 0.05) is 17.6 Å². The molecule has 2 unspecified atom stereocenters. The SMILES string of the molecule is COc1cc(NC(=O)C2CC(c3ccco3)NN2)c2ncccc2c1. The number of furan rings is 1. The standard InChI is InChI=1S/C18H18N4O3/c1-24-12-8-11-4-2-6-19-17(11)14(9-12)20-18(23)15-10-13(21-22-15)16-5-3-7-25-16/h2-9,13,15,21-22H,10H2,1H3,(H,20,23). The predicted octanol–water partition coefficient (Wildman–Crippen LogP) is 2.38. The molecule has 0 radical (unpaired) electrons. The van der Waals surface area contributed by atoms with E-state index < -0.39 is 0 Å². The Morgan fingerprint density at radius 1 is 1.32 bits per heavy atom. The molecule has 0 aliphatic carbocycles. The molecule has 1 fully saturated rings. The lowest BCUT2D eigenvalue weighted by molar-refractivity contribution is -0.117. The fourth-order valence-electron chi connectivity index (χ4n) is 3.00. The van der Waals surface area contributed by atoms with E-state index in [9.17, 15) is 4.79 Å². The van der Waals surface area contributed by atoms with Crippen LogP contribution in [0.3, 0.4) is 0 Å². The summed E-state index contributed by atoms with van der Waals surface area (Å²) in [6, 6.07) is 10.8. The van der Waals surface area contributed by atoms with Crippen LogP contribution in [0.15, 0.2) is 53.3 Å². The number of hydrogen-bond donors (Lipinski definition) is 3. The minimum atomic E-state index is -0.375. The number of aromatic nitrogens is 1. The van der Waals surface area contributed by atoms with Gasteiger partial charge in [-0.2, -0.15) is 0 Å². The van der Waals surface area contributed by atoms with Crippen LogP contribution in [0.1, 0.15) is 18.2 Å². The van der Waals surface area contributed by atoms with E-state index >= 15 is 0 Å². The van der Waals surface area contributed by atoms with Gasteiger partial charge in [-0.15, -0.1) is 0 Å². The third kappa shape index (κ3) is 3.07. The summed E-state index contributed by atoms with van der Waals surface area (Å²) in [5.41, 5.74) is 7.46. The topological polar surface area (TPSA) is 88.4 Å². The van der Waals surface area contributed by atoms with Gasteiger partial charge < -0.3 is 14.5 Å². The molecule has 2 atom stereocenters. The van der Waals surface area contributed by atoms with Gasteiger partial charge in [0.25, 0.3) is 0 Å². The number of amides is 1. The number of rotatable bonds is 4. The van der Waals surface area contributed by atoms with Crippen LogP contribution in [-0.4, -0.2) is 24.0 Å². The van der Waals surface area contributed by atoms with E-state index in [0.717, 1.165) is 16.7 Å². The van der Waals surface area contributed by atoms with Gasteiger partial charge in [-0.3, -0.25) is 9.78 Å². The number of anilines is 1. The molecule has 3 aromatic rings. The molecule has 128 valence electrons. The van der Waals surface area contributed by atoms with Crippen molar-refractivity contribution in [2.75, 3.05) is 12.4 Å². The third-order valence-corrected chi connectivity index (χ3v) is 4.28. The Morgan fingerprint density at radius 2 is 2.24 bits per heavy atom. The monoisotopic (exact) mass is 338 g/mol. The molecular weight excluding hydrogens is 320 g/mol. The lowest BCUT2D eigenvalue weighted by Crippen LogP contribution is -2.39. The first-order chi connectivity index (χ1) is 12.2. The highest BCUT2D eigenvalue weighted by Crippen LogP contribution is 2.29. The molecular formula is C18H18N4O3. The van der Waals surface area contributed by atoms with Crippen LogP contribution < -0.4 is 20.9 Å². The maximum Gasteiger partial charge on any atom is 0.243 e. The second-order valence-corrected chi connectivity index (χ2v) is 5.88. The van der Waals surface area contributed by atoms with Crippen molar-refractivity contribution in [1.29, 1.82) is 0 Å². The maximum absolute atomic E-state index is 12.7. The molecule has 1 amide bonds. The van der Waals surface area contributed by atoms with Crippen molar-refractivity contribution in [2.24, 2.45) is 0 Å². The highest BCUT2D eigenvalue weighted by molar-refractivity contribution is 6.03. The van der Waals surface area contributed by atoms with Crippen molar-refractivity contribution in [1.82, 2.24) is 15.8 Å². The number of ether oxygens (including phenoxy) is 1. The van der Waals surface area contributed by atoms with Crippen molar-refractivity contribution in [3.8, 4) is 5.75 Å². The minimum Gasteiger partial charge on any atom is -0.497 e. The zero-order valence-corrected chi connectivity index (χ0v) is 13.7. The molecule has 1 aromatic carbocycles. The second-order valence-electron chi connectivity index (χ2n) is 5.88. The van der Waals surface area contributed by atoms with Crippen LogP contribution in [0.4, 0.5) is 5.69 Å². The first-order valence-electron chi connectivity index (χ1n) is 8.02. The number of carbonyl (C=O) groups is 1. The van der Waals surface area contributed by atoms with Crippen molar-refractivity contribution in [3.63, 3.8) is 0 Å². The normalized spacial score (nSPS) is 19.9. The second kappa shape index (κ2) is 6.54. The number of nitrogens with one attached hydrogen (secondary N) is 3. The number of fused-ring (bicyclic) bond motifs is 1. The molecule has 1 saturated heterocycles. The Bertz CT molecular complexity index is 894. The Hall–Kier alpha value is -2.90. The molecule has 0 bridgehead atoms. The van der Waals surface area contributed by atoms with E-state index in [0.29, 0.717) is 17.9 Å². The number of benzene rings is 1. The molecule has 7 nitrogen and oxygen atoms in total. The number of nitrogens with zero attached hydrogens (tertiary/aromatic N) is 1. The van der Waals surface area contributed by atoms with Crippen LogP contribution in [0, 0.1) is 0 Å². The highest BCUT2D eigenvalue weighted by atomic mass is 16.5. The zero-order valence-electron chi connectivity index (χ0n) is 13.7. The summed E-state index contributed by atoms with van der Waals surface area (Å²) in [7, 11) is 1.60. The summed E-state index contributed by atoms with van der Waals surface area (Å²) in [6.07, 6.45) is 3.92. The van der Waals surface area contributed by atoms with Crippen LogP contribution in [0.5, 0.6) is 5.75 Å². The van der Waals surface area contributed by atoms with Gasteiger partial charge in [-0.05, 0) is 30.7 Å². The average molecular weight is 338 g/mol. The first-order valence-corrected chi connectivity index (χ1v) is 8.02. The van der Waals surface area contributed by atoms with Gasteiger partial charge in [0.1, 0.15) is 17.6 Å². The molecule has 0 spiro atoms. The quantitative estimate of drug-likeness (QED) is 0.677. The van der Waals surface area contributed by atoms with Crippen molar-refractivity contribution < 1.29 is 13.9 Å². The molecule has 2 aromatic heterocycles.